The first-order chi connectivity index (χ1) is 18.0. The van der Waals surface area contributed by atoms with Crippen molar-refractivity contribution in [2.24, 2.45) is 5.92 Å². The van der Waals surface area contributed by atoms with Gasteiger partial charge in [0.2, 0.25) is 0 Å². The van der Waals surface area contributed by atoms with Gasteiger partial charge in [0, 0.05) is 0 Å². The lowest BCUT2D eigenvalue weighted by Gasteiger charge is -2.36. The fraction of sp³-hybridized carbons (Fsp3) is 0.310. The molecule has 0 radical (unpaired) electrons. The summed E-state index contributed by atoms with van der Waals surface area (Å²) in [5.74, 6) is -2.43. The van der Waals surface area contributed by atoms with Crippen LogP contribution in [0.5, 0.6) is 0 Å². The summed E-state index contributed by atoms with van der Waals surface area (Å²) in [5.41, 5.74) is 2.60. The molecule has 2 aliphatic rings. The number of likely N-dealkylation sites (tertiary alicyclic amines) is 1. The van der Waals surface area contributed by atoms with Crippen LogP contribution in [0.15, 0.2) is 91.0 Å². The second kappa shape index (κ2) is 11.1. The monoisotopic (exact) mass is 503 g/mol. The van der Waals surface area contributed by atoms with Crippen LogP contribution in [0.2, 0.25) is 0 Å². The van der Waals surface area contributed by atoms with Crippen LogP contribution in [0.4, 0.5) is 4.79 Å². The molecule has 0 unspecified atom stereocenters. The maximum absolute atomic E-state index is 13.1. The fourth-order valence-corrected chi connectivity index (χ4v) is 5.05. The Morgan fingerprint density at radius 1 is 0.676 bits per heavy atom. The summed E-state index contributed by atoms with van der Waals surface area (Å²) in [7, 11) is 0. The molecule has 6 atom stereocenters. The molecule has 2 N–H and O–H groups in total. The zero-order valence-corrected chi connectivity index (χ0v) is 20.1. The summed E-state index contributed by atoms with van der Waals surface area (Å²) >= 11 is 0. The van der Waals surface area contributed by atoms with Crippen LogP contribution in [0.1, 0.15) is 16.7 Å². The van der Waals surface area contributed by atoms with Crippen LogP contribution in [-0.4, -0.2) is 57.6 Å². The summed E-state index contributed by atoms with van der Waals surface area (Å²) < 4.78 is 17.8. The van der Waals surface area contributed by atoms with E-state index < -0.39 is 48.4 Å². The SMILES string of the molecule is O=C(O)[C@@H]1[C@@H](O)[C@H](OCc2ccccc2)[C@@H](OCc2ccccc2)[C@H]2[C@@H]1N2C(=O)OCc1ccccc1. The number of rotatable bonds is 9. The molecule has 8 heteroatoms. The molecule has 3 aromatic rings. The highest BCUT2D eigenvalue weighted by atomic mass is 16.6. The number of ether oxygens (including phenoxy) is 3. The molecule has 1 aliphatic carbocycles. The number of aliphatic hydroxyl groups excluding tert-OH is 1. The number of hydrogen-bond donors (Lipinski definition) is 2. The smallest absolute Gasteiger partial charge is 0.410 e. The van der Waals surface area contributed by atoms with E-state index in [4.69, 9.17) is 14.2 Å². The zero-order valence-electron chi connectivity index (χ0n) is 20.1. The molecule has 0 aromatic heterocycles. The minimum absolute atomic E-state index is 0.0549. The van der Waals surface area contributed by atoms with E-state index in [-0.39, 0.29) is 19.8 Å². The number of amides is 1. The molecule has 1 saturated carbocycles. The number of hydrogen-bond acceptors (Lipinski definition) is 6. The van der Waals surface area contributed by atoms with E-state index in [0.29, 0.717) is 0 Å². The molecular formula is C29H29NO7. The first-order valence-corrected chi connectivity index (χ1v) is 12.3. The van der Waals surface area contributed by atoms with E-state index in [1.54, 1.807) is 0 Å². The Bertz CT molecular complexity index is 1190. The molecule has 8 nitrogen and oxygen atoms in total. The van der Waals surface area contributed by atoms with Gasteiger partial charge in [-0.3, -0.25) is 9.69 Å². The van der Waals surface area contributed by atoms with Gasteiger partial charge in [-0.25, -0.2) is 4.79 Å². The molecule has 0 spiro atoms. The van der Waals surface area contributed by atoms with Gasteiger partial charge in [0.15, 0.2) is 0 Å². The largest absolute Gasteiger partial charge is 0.481 e. The van der Waals surface area contributed by atoms with Crippen LogP contribution in [0.25, 0.3) is 0 Å². The van der Waals surface area contributed by atoms with Crippen LogP contribution in [0.3, 0.4) is 0 Å². The third kappa shape index (κ3) is 5.51. The van der Waals surface area contributed by atoms with E-state index in [9.17, 15) is 19.8 Å². The van der Waals surface area contributed by atoms with Crippen molar-refractivity contribution in [3.63, 3.8) is 0 Å². The van der Waals surface area contributed by atoms with E-state index in [2.05, 4.69) is 0 Å². The lowest BCUT2D eigenvalue weighted by molar-refractivity contribution is -0.174. The van der Waals surface area contributed by atoms with E-state index >= 15 is 0 Å². The number of carboxylic acids is 1. The van der Waals surface area contributed by atoms with Gasteiger partial charge in [0.05, 0.1) is 31.4 Å². The number of carbonyl (C=O) groups is 2. The minimum Gasteiger partial charge on any atom is -0.481 e. The minimum atomic E-state index is -1.38. The van der Waals surface area contributed by atoms with Gasteiger partial charge in [0.25, 0.3) is 0 Å². The standard InChI is InChI=1S/C29H29NO7/c31-25-22(28(32)33)23-24(30(23)29(34)37-18-21-14-8-3-9-15-21)26(35-16-19-10-4-1-5-11-19)27(25)36-17-20-12-6-2-7-13-20/h1-15,22-27,31H,16-18H2,(H,32,33)/t22-,23+,24+,25+,26-,27-,30?/m0/s1. The third-order valence-electron chi connectivity index (χ3n) is 6.91. The van der Waals surface area contributed by atoms with Gasteiger partial charge in [-0.15, -0.1) is 0 Å². The van der Waals surface area contributed by atoms with Crippen molar-refractivity contribution in [3.05, 3.63) is 108 Å². The lowest BCUT2D eigenvalue weighted by Crippen LogP contribution is -2.55. The summed E-state index contributed by atoms with van der Waals surface area (Å²) in [4.78, 5) is 26.6. The molecular weight excluding hydrogens is 474 g/mol. The van der Waals surface area contributed by atoms with E-state index in [1.165, 1.54) is 4.90 Å². The van der Waals surface area contributed by atoms with Crippen molar-refractivity contribution in [2.75, 3.05) is 0 Å². The molecule has 1 aliphatic heterocycles. The predicted molar refractivity (Wildman–Crippen MR) is 133 cm³/mol. The zero-order chi connectivity index (χ0) is 25.8. The molecule has 192 valence electrons. The predicted octanol–water partition coefficient (Wildman–Crippen LogP) is 3.62. The van der Waals surface area contributed by atoms with Crippen LogP contribution in [-0.2, 0) is 38.8 Å². The second-order valence-electron chi connectivity index (χ2n) is 9.31. The number of nitrogens with zero attached hydrogens (tertiary/aromatic N) is 1. The summed E-state index contributed by atoms with van der Waals surface area (Å²) in [5, 5.41) is 21.2. The molecule has 2 fully saturated rings. The topological polar surface area (TPSA) is 105 Å². The lowest BCUT2D eigenvalue weighted by atomic mass is 9.82. The van der Waals surface area contributed by atoms with Crippen molar-refractivity contribution in [1.82, 2.24) is 4.90 Å². The highest BCUT2D eigenvalue weighted by Gasteiger charge is 2.69. The van der Waals surface area contributed by atoms with Crippen molar-refractivity contribution < 1.29 is 34.0 Å². The van der Waals surface area contributed by atoms with Gasteiger partial charge in [-0.2, -0.15) is 0 Å². The van der Waals surface area contributed by atoms with Gasteiger partial charge in [0.1, 0.15) is 24.7 Å². The number of benzene rings is 3. The van der Waals surface area contributed by atoms with Crippen molar-refractivity contribution in [2.45, 2.75) is 50.2 Å². The first kappa shape index (κ1) is 25.0. The number of aliphatic hydroxyl groups is 1. The average molecular weight is 504 g/mol. The Kier molecular flexibility index (Phi) is 7.50. The number of fused-ring (bicyclic) bond motifs is 1. The Morgan fingerprint density at radius 3 is 1.62 bits per heavy atom. The van der Waals surface area contributed by atoms with Crippen LogP contribution < -0.4 is 0 Å². The molecule has 3 aromatic carbocycles. The van der Waals surface area contributed by atoms with Gasteiger partial charge < -0.3 is 24.4 Å². The first-order valence-electron chi connectivity index (χ1n) is 12.3. The second-order valence-corrected chi connectivity index (χ2v) is 9.31. The highest BCUT2D eigenvalue weighted by Crippen LogP contribution is 2.47. The molecule has 1 saturated heterocycles. The normalized spacial score (nSPS) is 26.2. The molecule has 37 heavy (non-hydrogen) atoms. The maximum Gasteiger partial charge on any atom is 0.410 e. The van der Waals surface area contributed by atoms with Crippen LogP contribution in [0, 0.1) is 5.92 Å². The molecule has 5 rings (SSSR count). The van der Waals surface area contributed by atoms with Gasteiger partial charge in [-0.05, 0) is 16.7 Å². The summed E-state index contributed by atoms with van der Waals surface area (Å²) in [6.45, 7) is 0.437. The summed E-state index contributed by atoms with van der Waals surface area (Å²) in [6, 6.07) is 26.8. The highest BCUT2D eigenvalue weighted by molar-refractivity contribution is 5.79. The molecule has 0 bridgehead atoms. The van der Waals surface area contributed by atoms with Crippen molar-refractivity contribution in [1.29, 1.82) is 0 Å². The quantitative estimate of drug-likeness (QED) is 0.430. The Morgan fingerprint density at radius 2 is 1.14 bits per heavy atom. The van der Waals surface area contributed by atoms with E-state index in [1.807, 2.05) is 91.0 Å². The van der Waals surface area contributed by atoms with Crippen molar-refractivity contribution in [3.8, 4) is 0 Å². The van der Waals surface area contributed by atoms with Crippen LogP contribution >= 0.6 is 0 Å². The Labute approximate surface area is 215 Å². The molecule has 1 heterocycles. The maximum atomic E-state index is 13.1. The van der Waals surface area contributed by atoms with E-state index in [0.717, 1.165) is 16.7 Å². The number of carbonyl (C=O) groups excluding carboxylic acids is 1. The van der Waals surface area contributed by atoms with Gasteiger partial charge >= 0.3 is 12.1 Å². The third-order valence-corrected chi connectivity index (χ3v) is 6.91. The van der Waals surface area contributed by atoms with Crippen molar-refractivity contribution >= 4 is 12.1 Å². The number of aliphatic carboxylic acids is 1. The average Bonchev–Trinajstić information content (AvgIpc) is 3.66. The number of carboxylic acid groups (broad SMARTS) is 1. The Balaban J connectivity index is 1.37. The van der Waals surface area contributed by atoms with Gasteiger partial charge in [-0.1, -0.05) is 91.0 Å². The molecule has 1 amide bonds. The Hall–Kier alpha value is -3.72. The summed E-state index contributed by atoms with van der Waals surface area (Å²) in [6.07, 6.45) is -3.73. The fourth-order valence-electron chi connectivity index (χ4n) is 5.05.